The van der Waals surface area contributed by atoms with E-state index in [2.05, 4.69) is 12.2 Å². The summed E-state index contributed by atoms with van der Waals surface area (Å²) >= 11 is 4.56. The smallest absolute Gasteiger partial charge is 0.327 e. The van der Waals surface area contributed by atoms with Gasteiger partial charge in [-0.25, -0.2) is 4.79 Å². The van der Waals surface area contributed by atoms with Crippen LogP contribution in [0.4, 0.5) is 0 Å². The van der Waals surface area contributed by atoms with Crippen LogP contribution in [0.15, 0.2) is 0 Å². The van der Waals surface area contributed by atoms with Crippen LogP contribution in [0.1, 0.15) is 13.8 Å². The first-order valence-corrected chi connectivity index (χ1v) is 6.19. The average molecular weight is 320 g/mol. The molecular formula is C11H16N2O7S. The van der Waals surface area contributed by atoms with Crippen LogP contribution < -0.4 is 11.1 Å². The monoisotopic (exact) mass is 320 g/mol. The highest BCUT2D eigenvalue weighted by Crippen LogP contribution is 2.10. The van der Waals surface area contributed by atoms with Crippen LogP contribution in [0.2, 0.25) is 0 Å². The molecule has 4 atom stereocenters. The van der Waals surface area contributed by atoms with Gasteiger partial charge < -0.3 is 26.4 Å². The highest BCUT2D eigenvalue weighted by Gasteiger charge is 2.42. The molecule has 0 bridgehead atoms. The lowest BCUT2D eigenvalue weighted by Crippen LogP contribution is -2.55. The average Bonchev–Trinajstić information content (AvgIpc) is 2.35. The molecule has 0 saturated carbocycles. The van der Waals surface area contributed by atoms with Crippen molar-refractivity contribution >= 4 is 40.7 Å². The Morgan fingerprint density at radius 2 is 1.57 bits per heavy atom. The third kappa shape index (κ3) is 5.17. The third-order valence-electron chi connectivity index (χ3n) is 2.51. The molecule has 0 aliphatic rings. The molecule has 1 amide bonds. The standard InChI is InChI=1S/C11H16N2O7S/c1-3(12)7(15)5(10(17)18)6(11(19)20)13-9(16)8(21)4(2)14/h3-6,14H,12H2,1-2H3,(H,13,16)(H,17,18)(H,19,20)/t3-,4?,5?,6-/m0/s1. The Morgan fingerprint density at radius 3 is 1.86 bits per heavy atom. The molecule has 0 saturated heterocycles. The van der Waals surface area contributed by atoms with E-state index in [1.165, 1.54) is 13.8 Å². The molecule has 0 fully saturated rings. The van der Waals surface area contributed by atoms with Crippen molar-refractivity contribution in [2.75, 3.05) is 0 Å². The van der Waals surface area contributed by atoms with Crippen molar-refractivity contribution in [2.24, 2.45) is 11.7 Å². The number of carbonyl (C=O) groups is 4. The predicted octanol–water partition coefficient (Wildman–Crippen LogP) is -2.08. The summed E-state index contributed by atoms with van der Waals surface area (Å²) in [4.78, 5) is 45.0. The van der Waals surface area contributed by atoms with Gasteiger partial charge in [-0.3, -0.25) is 14.4 Å². The van der Waals surface area contributed by atoms with Crippen LogP contribution in [-0.4, -0.2) is 62.0 Å². The number of hydrogen-bond donors (Lipinski definition) is 5. The quantitative estimate of drug-likeness (QED) is 0.249. The number of carboxylic acids is 2. The number of carbonyl (C=O) groups excluding carboxylic acids is 2. The van der Waals surface area contributed by atoms with Crippen molar-refractivity contribution in [2.45, 2.75) is 32.0 Å². The van der Waals surface area contributed by atoms with Crippen LogP contribution in [0, 0.1) is 5.92 Å². The summed E-state index contributed by atoms with van der Waals surface area (Å²) in [6.45, 7) is 2.37. The van der Waals surface area contributed by atoms with Gasteiger partial charge in [0, 0.05) is 0 Å². The summed E-state index contributed by atoms with van der Waals surface area (Å²) < 4.78 is 0. The maximum atomic E-state index is 11.7. The maximum absolute atomic E-state index is 11.7. The van der Waals surface area contributed by atoms with E-state index in [4.69, 9.17) is 21.1 Å². The molecule has 0 heterocycles. The number of rotatable bonds is 8. The van der Waals surface area contributed by atoms with Crippen LogP contribution in [0.3, 0.4) is 0 Å². The topological polar surface area (TPSA) is 167 Å². The fourth-order valence-corrected chi connectivity index (χ4v) is 1.46. The summed E-state index contributed by atoms with van der Waals surface area (Å²) in [6.07, 6.45) is -1.33. The van der Waals surface area contributed by atoms with Crippen molar-refractivity contribution in [3.63, 3.8) is 0 Å². The Morgan fingerprint density at radius 1 is 1.10 bits per heavy atom. The van der Waals surface area contributed by atoms with Gasteiger partial charge in [0.15, 0.2) is 5.78 Å². The lowest BCUT2D eigenvalue weighted by Gasteiger charge is -2.22. The van der Waals surface area contributed by atoms with E-state index >= 15 is 0 Å². The number of Topliss-reactive ketones (excluding diaryl/α,β-unsaturated/α-hetero) is 1. The summed E-state index contributed by atoms with van der Waals surface area (Å²) in [5.41, 5.74) is 5.27. The molecule has 6 N–H and O–H groups in total. The van der Waals surface area contributed by atoms with Gasteiger partial charge in [0.2, 0.25) is 0 Å². The number of aliphatic carboxylic acids is 2. The number of thiocarbonyl (C=S) groups is 1. The van der Waals surface area contributed by atoms with E-state index in [1.54, 1.807) is 0 Å². The number of nitrogens with one attached hydrogen (secondary N) is 1. The Kier molecular flexibility index (Phi) is 7.06. The highest BCUT2D eigenvalue weighted by atomic mass is 32.1. The van der Waals surface area contributed by atoms with Crippen molar-refractivity contribution in [1.82, 2.24) is 5.32 Å². The van der Waals surface area contributed by atoms with Gasteiger partial charge in [-0.1, -0.05) is 12.2 Å². The van der Waals surface area contributed by atoms with Gasteiger partial charge in [-0.05, 0) is 13.8 Å². The van der Waals surface area contributed by atoms with Crippen LogP contribution in [0.25, 0.3) is 0 Å². The van der Waals surface area contributed by atoms with Crippen LogP contribution in [-0.2, 0) is 19.2 Å². The largest absolute Gasteiger partial charge is 0.481 e. The van der Waals surface area contributed by atoms with Gasteiger partial charge in [0.25, 0.3) is 5.91 Å². The zero-order valence-corrected chi connectivity index (χ0v) is 12.1. The van der Waals surface area contributed by atoms with Crippen molar-refractivity contribution < 1.29 is 34.5 Å². The van der Waals surface area contributed by atoms with Gasteiger partial charge >= 0.3 is 11.9 Å². The van der Waals surface area contributed by atoms with E-state index in [-0.39, 0.29) is 0 Å². The fraction of sp³-hybridized carbons (Fsp3) is 0.545. The molecular weight excluding hydrogens is 304 g/mol. The van der Waals surface area contributed by atoms with E-state index < -0.39 is 52.6 Å². The number of hydrogen-bond acceptors (Lipinski definition) is 7. The normalized spacial score (nSPS) is 16.2. The number of aliphatic hydroxyl groups is 1. The first-order chi connectivity index (χ1) is 9.50. The molecule has 10 heteroatoms. The van der Waals surface area contributed by atoms with Crippen LogP contribution in [0.5, 0.6) is 0 Å². The molecule has 0 rings (SSSR count). The van der Waals surface area contributed by atoms with Gasteiger partial charge in [-0.15, -0.1) is 0 Å². The van der Waals surface area contributed by atoms with E-state index in [1.807, 2.05) is 5.32 Å². The Bertz CT molecular complexity index is 475. The molecule has 9 nitrogen and oxygen atoms in total. The lowest BCUT2D eigenvalue weighted by molar-refractivity contribution is -0.155. The molecule has 0 spiro atoms. The molecule has 0 aromatic rings. The second-order valence-electron chi connectivity index (χ2n) is 4.34. The van der Waals surface area contributed by atoms with Gasteiger partial charge in [0.05, 0.1) is 12.1 Å². The van der Waals surface area contributed by atoms with E-state index in [0.717, 1.165) is 0 Å². The van der Waals surface area contributed by atoms with E-state index in [9.17, 15) is 19.2 Å². The molecule has 0 aromatic carbocycles. The third-order valence-corrected chi connectivity index (χ3v) is 3.04. The van der Waals surface area contributed by atoms with Crippen molar-refractivity contribution in [3.05, 3.63) is 0 Å². The maximum Gasteiger partial charge on any atom is 0.327 e. The summed E-state index contributed by atoms with van der Waals surface area (Å²) in [5.74, 6) is -7.75. The van der Waals surface area contributed by atoms with Gasteiger partial charge in [-0.2, -0.15) is 0 Å². The minimum atomic E-state index is -2.07. The summed E-state index contributed by atoms with van der Waals surface area (Å²) in [6, 6.07) is -3.28. The molecule has 21 heavy (non-hydrogen) atoms. The molecule has 0 radical (unpaired) electrons. The molecule has 118 valence electrons. The first-order valence-electron chi connectivity index (χ1n) is 5.78. The highest BCUT2D eigenvalue weighted by molar-refractivity contribution is 7.82. The predicted molar refractivity (Wildman–Crippen MR) is 73.6 cm³/mol. The number of aliphatic hydroxyl groups excluding tert-OH is 1. The minimum Gasteiger partial charge on any atom is -0.481 e. The minimum absolute atomic E-state index is 0.529. The summed E-state index contributed by atoms with van der Waals surface area (Å²) in [5, 5.41) is 29.0. The number of nitrogens with two attached hydrogens (primary N) is 1. The second-order valence-corrected chi connectivity index (χ2v) is 4.78. The SMILES string of the molecule is CC(O)C(=S)C(=O)N[C@H](C(=O)O)C(C(=O)O)C(=O)[C@H](C)N. The van der Waals surface area contributed by atoms with Crippen molar-refractivity contribution in [3.8, 4) is 0 Å². The Hall–Kier alpha value is -1.91. The molecule has 0 aliphatic heterocycles. The number of carboxylic acid groups (broad SMARTS) is 2. The first kappa shape index (κ1) is 19.1. The lowest BCUT2D eigenvalue weighted by atomic mass is 9.91. The zero-order chi connectivity index (χ0) is 16.9. The zero-order valence-electron chi connectivity index (χ0n) is 11.3. The second kappa shape index (κ2) is 7.76. The molecule has 0 aromatic heterocycles. The van der Waals surface area contributed by atoms with E-state index in [0.29, 0.717) is 0 Å². The molecule has 2 unspecified atom stereocenters. The fourth-order valence-electron chi connectivity index (χ4n) is 1.40. The van der Waals surface area contributed by atoms with Gasteiger partial charge in [0.1, 0.15) is 16.8 Å². The van der Waals surface area contributed by atoms with Crippen LogP contribution >= 0.6 is 12.2 Å². The number of amides is 1. The Labute approximate surface area is 125 Å². The number of ketones is 1. The molecule has 0 aliphatic carbocycles. The summed E-state index contributed by atoms with van der Waals surface area (Å²) in [7, 11) is 0. The Balaban J connectivity index is 5.41. The van der Waals surface area contributed by atoms with Crippen molar-refractivity contribution in [1.29, 1.82) is 0 Å².